The van der Waals surface area contributed by atoms with E-state index in [2.05, 4.69) is 20.0 Å². The topological polar surface area (TPSA) is 76.4 Å². The Hall–Kier alpha value is -2.64. The van der Waals surface area contributed by atoms with E-state index in [1.165, 1.54) is 12.8 Å². The number of aryl methyl sites for hydroxylation is 1. The van der Waals surface area contributed by atoms with Crippen LogP contribution < -0.4 is 9.64 Å². The molecule has 1 atom stereocenters. The van der Waals surface area contributed by atoms with Gasteiger partial charge in [0, 0.05) is 44.9 Å². The van der Waals surface area contributed by atoms with Gasteiger partial charge in [0.1, 0.15) is 23.9 Å². The highest BCUT2D eigenvalue weighted by Gasteiger charge is 2.29. The summed E-state index contributed by atoms with van der Waals surface area (Å²) in [6, 6.07) is 3.67. The molecule has 8 heteroatoms. The van der Waals surface area contributed by atoms with Crippen LogP contribution in [0.25, 0.3) is 0 Å². The molecule has 0 saturated carbocycles. The van der Waals surface area contributed by atoms with Crippen LogP contribution in [-0.4, -0.2) is 62.8 Å². The smallest absolute Gasteiger partial charge is 0.274 e. The second-order valence-corrected chi connectivity index (χ2v) is 6.74. The minimum Gasteiger partial charge on any atom is -0.472 e. The lowest BCUT2D eigenvalue weighted by Crippen LogP contribution is -2.31. The number of ether oxygens (including phenoxy) is 1. The van der Waals surface area contributed by atoms with Gasteiger partial charge in [0.25, 0.3) is 5.91 Å². The zero-order valence-corrected chi connectivity index (χ0v) is 15.0. The van der Waals surface area contributed by atoms with Crippen molar-refractivity contribution in [2.24, 2.45) is 0 Å². The molecule has 0 radical (unpaired) electrons. The molecular weight excluding hydrogens is 332 g/mol. The molecule has 26 heavy (non-hydrogen) atoms. The Balaban J connectivity index is 1.37. The lowest BCUT2D eigenvalue weighted by molar-refractivity contribution is 0.0764. The van der Waals surface area contributed by atoms with Crippen LogP contribution in [0.15, 0.2) is 24.7 Å². The van der Waals surface area contributed by atoms with Crippen LogP contribution in [0.5, 0.6) is 5.88 Å². The third-order valence-electron chi connectivity index (χ3n) is 4.96. The molecule has 2 aliphatic heterocycles. The molecule has 0 aromatic carbocycles. The number of rotatable bonds is 5. The van der Waals surface area contributed by atoms with Gasteiger partial charge in [-0.1, -0.05) is 0 Å². The minimum atomic E-state index is -0.0476. The Labute approximate surface area is 152 Å². The van der Waals surface area contributed by atoms with Crippen LogP contribution in [0.1, 0.15) is 36.7 Å². The van der Waals surface area contributed by atoms with Crippen LogP contribution in [0.4, 0.5) is 5.82 Å². The van der Waals surface area contributed by atoms with Gasteiger partial charge in [-0.2, -0.15) is 5.10 Å². The van der Waals surface area contributed by atoms with Gasteiger partial charge in [-0.05, 0) is 25.8 Å². The van der Waals surface area contributed by atoms with E-state index in [9.17, 15) is 4.79 Å². The molecule has 2 fully saturated rings. The molecule has 0 bridgehead atoms. The van der Waals surface area contributed by atoms with Crippen molar-refractivity contribution in [1.82, 2.24) is 24.6 Å². The second-order valence-electron chi connectivity index (χ2n) is 6.74. The molecule has 2 saturated heterocycles. The van der Waals surface area contributed by atoms with E-state index >= 15 is 0 Å². The number of carbonyl (C=O) groups is 1. The van der Waals surface area contributed by atoms with E-state index in [-0.39, 0.29) is 12.0 Å². The molecule has 4 heterocycles. The van der Waals surface area contributed by atoms with Crippen LogP contribution in [0, 0.1) is 0 Å². The van der Waals surface area contributed by atoms with Gasteiger partial charge in [0.2, 0.25) is 5.88 Å². The molecule has 0 spiro atoms. The van der Waals surface area contributed by atoms with Crippen LogP contribution in [0.2, 0.25) is 0 Å². The number of carbonyl (C=O) groups excluding carboxylic acids is 1. The molecule has 2 aromatic rings. The lowest BCUT2D eigenvalue weighted by Gasteiger charge is -2.18. The SMILES string of the molecule is CCn1ccc(C(=O)N2CC[C@@H](Oc3cc(N4CCCC4)ncn3)C2)n1. The summed E-state index contributed by atoms with van der Waals surface area (Å²) in [5.74, 6) is 1.46. The highest BCUT2D eigenvalue weighted by molar-refractivity contribution is 5.92. The third-order valence-corrected chi connectivity index (χ3v) is 4.96. The summed E-state index contributed by atoms with van der Waals surface area (Å²) in [4.78, 5) is 25.2. The fourth-order valence-electron chi connectivity index (χ4n) is 3.51. The molecule has 2 aliphatic rings. The molecule has 0 unspecified atom stereocenters. The molecule has 4 rings (SSSR count). The first-order chi connectivity index (χ1) is 12.7. The average molecular weight is 356 g/mol. The molecule has 0 aliphatic carbocycles. The highest BCUT2D eigenvalue weighted by Crippen LogP contribution is 2.23. The summed E-state index contributed by atoms with van der Waals surface area (Å²) in [7, 11) is 0. The third kappa shape index (κ3) is 3.49. The van der Waals surface area contributed by atoms with Crippen molar-refractivity contribution in [1.29, 1.82) is 0 Å². The molecule has 138 valence electrons. The Bertz CT molecular complexity index is 771. The predicted octanol–water partition coefficient (Wildman–Crippen LogP) is 1.59. The average Bonchev–Trinajstić information content (AvgIpc) is 3.42. The fraction of sp³-hybridized carbons (Fsp3) is 0.556. The van der Waals surface area contributed by atoms with Gasteiger partial charge in [-0.15, -0.1) is 0 Å². The van der Waals surface area contributed by atoms with Crippen molar-refractivity contribution in [3.63, 3.8) is 0 Å². The van der Waals surface area contributed by atoms with Gasteiger partial charge in [0.15, 0.2) is 0 Å². The van der Waals surface area contributed by atoms with Crippen molar-refractivity contribution >= 4 is 11.7 Å². The van der Waals surface area contributed by atoms with Gasteiger partial charge in [-0.25, -0.2) is 9.97 Å². The van der Waals surface area contributed by atoms with E-state index in [1.807, 2.05) is 19.2 Å². The summed E-state index contributed by atoms with van der Waals surface area (Å²) in [5.41, 5.74) is 0.492. The summed E-state index contributed by atoms with van der Waals surface area (Å²) >= 11 is 0. The van der Waals surface area contributed by atoms with E-state index in [0.717, 1.165) is 31.9 Å². The standard InChI is InChI=1S/C18H24N6O2/c1-2-24-10-6-15(21-24)18(25)23-9-5-14(12-23)26-17-11-16(19-13-20-17)22-7-3-4-8-22/h6,10-11,13-14H,2-5,7-9,12H2,1H3/t14-/m1/s1. The minimum absolute atomic E-state index is 0.0382. The first-order valence-electron chi connectivity index (χ1n) is 9.29. The first-order valence-corrected chi connectivity index (χ1v) is 9.29. The number of likely N-dealkylation sites (tertiary alicyclic amines) is 1. The van der Waals surface area contributed by atoms with E-state index in [1.54, 1.807) is 22.0 Å². The van der Waals surface area contributed by atoms with Gasteiger partial charge in [-0.3, -0.25) is 9.48 Å². The number of anilines is 1. The summed E-state index contributed by atoms with van der Waals surface area (Å²) < 4.78 is 7.78. The van der Waals surface area contributed by atoms with Crippen LogP contribution in [-0.2, 0) is 6.54 Å². The molecule has 8 nitrogen and oxygen atoms in total. The Morgan fingerprint density at radius 3 is 2.88 bits per heavy atom. The lowest BCUT2D eigenvalue weighted by atomic mass is 10.3. The number of hydrogen-bond acceptors (Lipinski definition) is 6. The molecule has 2 aromatic heterocycles. The van der Waals surface area contributed by atoms with E-state index < -0.39 is 0 Å². The summed E-state index contributed by atoms with van der Waals surface area (Å²) in [6.07, 6.45) is 6.54. The second kappa shape index (κ2) is 7.31. The quantitative estimate of drug-likeness (QED) is 0.810. The van der Waals surface area contributed by atoms with E-state index in [0.29, 0.717) is 24.7 Å². The molecular formula is C18H24N6O2. The van der Waals surface area contributed by atoms with Crippen molar-refractivity contribution in [3.8, 4) is 5.88 Å². The van der Waals surface area contributed by atoms with Gasteiger partial charge in [0.05, 0.1) is 6.54 Å². The zero-order valence-electron chi connectivity index (χ0n) is 15.0. The normalized spacial score (nSPS) is 20.0. The van der Waals surface area contributed by atoms with Crippen molar-refractivity contribution in [2.75, 3.05) is 31.1 Å². The van der Waals surface area contributed by atoms with Gasteiger partial charge >= 0.3 is 0 Å². The summed E-state index contributed by atoms with van der Waals surface area (Å²) in [5, 5.41) is 4.30. The Morgan fingerprint density at radius 1 is 1.27 bits per heavy atom. The van der Waals surface area contributed by atoms with Crippen LogP contribution >= 0.6 is 0 Å². The number of nitrogens with zero attached hydrogens (tertiary/aromatic N) is 6. The van der Waals surface area contributed by atoms with Crippen molar-refractivity contribution in [2.45, 2.75) is 38.8 Å². The monoisotopic (exact) mass is 356 g/mol. The molecule has 1 amide bonds. The Kier molecular flexibility index (Phi) is 4.73. The summed E-state index contributed by atoms with van der Waals surface area (Å²) in [6.45, 7) is 6.05. The first kappa shape index (κ1) is 16.8. The maximum atomic E-state index is 12.6. The number of hydrogen-bond donors (Lipinski definition) is 0. The van der Waals surface area contributed by atoms with Gasteiger partial charge < -0.3 is 14.5 Å². The zero-order chi connectivity index (χ0) is 17.9. The fourth-order valence-corrected chi connectivity index (χ4v) is 3.51. The van der Waals surface area contributed by atoms with Crippen LogP contribution in [0.3, 0.4) is 0 Å². The number of aromatic nitrogens is 4. The molecule has 0 N–H and O–H groups in total. The Morgan fingerprint density at radius 2 is 2.12 bits per heavy atom. The highest BCUT2D eigenvalue weighted by atomic mass is 16.5. The predicted molar refractivity (Wildman–Crippen MR) is 96.3 cm³/mol. The largest absolute Gasteiger partial charge is 0.472 e. The maximum absolute atomic E-state index is 12.6. The maximum Gasteiger partial charge on any atom is 0.274 e. The van der Waals surface area contributed by atoms with Crippen molar-refractivity contribution < 1.29 is 9.53 Å². The van der Waals surface area contributed by atoms with Crippen molar-refractivity contribution in [3.05, 3.63) is 30.4 Å². The number of amides is 1. The van der Waals surface area contributed by atoms with E-state index in [4.69, 9.17) is 4.74 Å².